The van der Waals surface area contributed by atoms with Crippen LogP contribution in [0.25, 0.3) is 0 Å². The molecule has 5 heteroatoms. The molecule has 2 aromatic carbocycles. The molecule has 0 spiro atoms. The molecule has 0 atom stereocenters. The number of hydrogen-bond donors (Lipinski definition) is 2. The third-order valence-electron chi connectivity index (χ3n) is 4.09. The minimum atomic E-state index is 0.267. The second-order valence-electron chi connectivity index (χ2n) is 5.81. The van der Waals surface area contributed by atoms with Crippen LogP contribution in [-0.4, -0.2) is 42.5 Å². The SMILES string of the molecule is Oc1cccc(/C=N\N2CC[NH+](Cc3ccccc3Cl)CC2)c1. The molecule has 120 valence electrons. The van der Waals surface area contributed by atoms with Crippen LogP contribution in [-0.2, 0) is 6.54 Å². The molecule has 0 aliphatic carbocycles. The van der Waals surface area contributed by atoms with Gasteiger partial charge in [-0.05, 0) is 23.8 Å². The van der Waals surface area contributed by atoms with E-state index >= 15 is 0 Å². The topological polar surface area (TPSA) is 40.3 Å². The van der Waals surface area contributed by atoms with Gasteiger partial charge in [-0.1, -0.05) is 41.9 Å². The van der Waals surface area contributed by atoms with Gasteiger partial charge in [0.05, 0.1) is 32.4 Å². The van der Waals surface area contributed by atoms with E-state index in [-0.39, 0.29) is 5.75 Å². The quantitative estimate of drug-likeness (QED) is 0.839. The van der Waals surface area contributed by atoms with Gasteiger partial charge in [-0.3, -0.25) is 5.01 Å². The lowest BCUT2D eigenvalue weighted by molar-refractivity contribution is -0.918. The van der Waals surface area contributed by atoms with Gasteiger partial charge in [0.2, 0.25) is 0 Å². The van der Waals surface area contributed by atoms with Gasteiger partial charge in [-0.25, -0.2) is 0 Å². The maximum atomic E-state index is 9.46. The molecule has 1 aliphatic rings. The molecule has 2 aromatic rings. The van der Waals surface area contributed by atoms with Crippen molar-refractivity contribution in [3.63, 3.8) is 0 Å². The van der Waals surface area contributed by atoms with Gasteiger partial charge in [0, 0.05) is 10.6 Å². The summed E-state index contributed by atoms with van der Waals surface area (Å²) in [5.41, 5.74) is 2.12. The highest BCUT2D eigenvalue weighted by molar-refractivity contribution is 6.31. The molecular formula is C18H21ClN3O+. The number of benzene rings is 2. The summed E-state index contributed by atoms with van der Waals surface area (Å²) in [5.74, 6) is 0.267. The summed E-state index contributed by atoms with van der Waals surface area (Å²) in [7, 11) is 0. The van der Waals surface area contributed by atoms with E-state index in [4.69, 9.17) is 11.6 Å². The number of quaternary nitrogens is 1. The monoisotopic (exact) mass is 330 g/mol. The van der Waals surface area contributed by atoms with Crippen LogP contribution in [0.4, 0.5) is 0 Å². The number of hydrazone groups is 1. The number of halogens is 1. The fourth-order valence-electron chi connectivity index (χ4n) is 2.77. The van der Waals surface area contributed by atoms with E-state index in [2.05, 4.69) is 16.2 Å². The molecule has 0 bridgehead atoms. The van der Waals surface area contributed by atoms with Crippen molar-refractivity contribution in [2.45, 2.75) is 6.54 Å². The Hall–Kier alpha value is -2.04. The number of nitrogens with zero attached hydrogens (tertiary/aromatic N) is 2. The van der Waals surface area contributed by atoms with Crippen molar-refractivity contribution in [1.82, 2.24) is 5.01 Å². The third kappa shape index (κ3) is 4.47. The average Bonchev–Trinajstić information content (AvgIpc) is 2.56. The largest absolute Gasteiger partial charge is 0.508 e. The van der Waals surface area contributed by atoms with Gasteiger partial charge < -0.3 is 10.0 Å². The average molecular weight is 331 g/mol. The zero-order valence-electron chi connectivity index (χ0n) is 13.0. The Balaban J connectivity index is 1.51. The second kappa shape index (κ2) is 7.49. The molecule has 0 saturated carbocycles. The summed E-state index contributed by atoms with van der Waals surface area (Å²) < 4.78 is 0. The molecule has 0 unspecified atom stereocenters. The van der Waals surface area contributed by atoms with Gasteiger partial charge in [-0.2, -0.15) is 5.10 Å². The lowest BCUT2D eigenvalue weighted by atomic mass is 10.2. The summed E-state index contributed by atoms with van der Waals surface area (Å²) in [6, 6.07) is 15.2. The molecule has 4 nitrogen and oxygen atoms in total. The van der Waals surface area contributed by atoms with Gasteiger partial charge in [-0.15, -0.1) is 0 Å². The molecular weight excluding hydrogens is 310 g/mol. The van der Waals surface area contributed by atoms with Crippen LogP contribution in [0.3, 0.4) is 0 Å². The number of phenols is 1. The highest BCUT2D eigenvalue weighted by Crippen LogP contribution is 2.13. The molecule has 3 rings (SSSR count). The van der Waals surface area contributed by atoms with Gasteiger partial charge in [0.25, 0.3) is 0 Å². The number of aromatic hydroxyl groups is 1. The Bertz CT molecular complexity index is 681. The summed E-state index contributed by atoms with van der Waals surface area (Å²) in [5, 5.41) is 16.9. The van der Waals surface area contributed by atoms with Crippen molar-refractivity contribution >= 4 is 17.8 Å². The first-order valence-electron chi connectivity index (χ1n) is 7.85. The van der Waals surface area contributed by atoms with Crippen molar-refractivity contribution in [1.29, 1.82) is 0 Å². The Morgan fingerprint density at radius 2 is 1.91 bits per heavy atom. The first kappa shape index (κ1) is 15.8. The van der Waals surface area contributed by atoms with Crippen LogP contribution in [0, 0.1) is 0 Å². The maximum absolute atomic E-state index is 9.46. The Morgan fingerprint density at radius 1 is 1.13 bits per heavy atom. The standard InChI is InChI=1S/C18H20ClN3O/c19-18-7-2-1-5-16(18)14-21-8-10-22(11-9-21)20-13-15-4-3-6-17(23)12-15/h1-7,12-13,23H,8-11,14H2/p+1/b20-13-. The molecule has 2 N–H and O–H groups in total. The molecule has 1 fully saturated rings. The van der Waals surface area contributed by atoms with Crippen molar-refractivity contribution in [3.8, 4) is 5.75 Å². The summed E-state index contributed by atoms with van der Waals surface area (Å²) in [6.07, 6.45) is 1.80. The molecule has 0 radical (unpaired) electrons. The fraction of sp³-hybridized carbons (Fsp3) is 0.278. The zero-order chi connectivity index (χ0) is 16.1. The Kier molecular flexibility index (Phi) is 5.16. The van der Waals surface area contributed by atoms with Gasteiger partial charge in [0.15, 0.2) is 0 Å². The van der Waals surface area contributed by atoms with Crippen LogP contribution in [0.1, 0.15) is 11.1 Å². The lowest BCUT2D eigenvalue weighted by Gasteiger charge is -2.30. The second-order valence-corrected chi connectivity index (χ2v) is 6.22. The van der Waals surface area contributed by atoms with Crippen molar-refractivity contribution < 1.29 is 10.0 Å². The van der Waals surface area contributed by atoms with Crippen LogP contribution < -0.4 is 4.90 Å². The van der Waals surface area contributed by atoms with Gasteiger partial charge >= 0.3 is 0 Å². The van der Waals surface area contributed by atoms with E-state index in [1.807, 2.05) is 30.3 Å². The first-order valence-corrected chi connectivity index (χ1v) is 8.23. The summed E-state index contributed by atoms with van der Waals surface area (Å²) in [6.45, 7) is 4.90. The smallest absolute Gasteiger partial charge is 0.116 e. The molecule has 0 aromatic heterocycles. The van der Waals surface area contributed by atoms with Crippen molar-refractivity contribution in [2.24, 2.45) is 5.10 Å². The summed E-state index contributed by atoms with van der Waals surface area (Å²) >= 11 is 6.23. The zero-order valence-corrected chi connectivity index (χ0v) is 13.7. The molecule has 23 heavy (non-hydrogen) atoms. The molecule has 1 heterocycles. The van der Waals surface area contributed by atoms with E-state index in [1.54, 1.807) is 18.3 Å². The minimum Gasteiger partial charge on any atom is -0.508 e. The van der Waals surface area contributed by atoms with Crippen LogP contribution in [0.2, 0.25) is 5.02 Å². The van der Waals surface area contributed by atoms with Crippen molar-refractivity contribution in [3.05, 3.63) is 64.7 Å². The fourth-order valence-corrected chi connectivity index (χ4v) is 2.97. The van der Waals surface area contributed by atoms with Crippen LogP contribution in [0.15, 0.2) is 53.6 Å². The Labute approximate surface area is 141 Å². The molecule has 0 amide bonds. The van der Waals surface area contributed by atoms with E-state index in [0.717, 1.165) is 43.3 Å². The number of hydrogen-bond acceptors (Lipinski definition) is 3. The van der Waals surface area contributed by atoms with E-state index in [9.17, 15) is 5.11 Å². The predicted octanol–water partition coefficient (Wildman–Crippen LogP) is 1.78. The van der Waals surface area contributed by atoms with Crippen LogP contribution >= 0.6 is 11.6 Å². The summed E-state index contributed by atoms with van der Waals surface area (Å²) in [4.78, 5) is 1.53. The Morgan fingerprint density at radius 3 is 2.65 bits per heavy atom. The molecule has 1 saturated heterocycles. The van der Waals surface area contributed by atoms with E-state index in [0.29, 0.717) is 0 Å². The van der Waals surface area contributed by atoms with E-state index < -0.39 is 0 Å². The minimum absolute atomic E-state index is 0.267. The number of rotatable bonds is 4. The van der Waals surface area contributed by atoms with E-state index in [1.165, 1.54) is 10.5 Å². The van der Waals surface area contributed by atoms with Crippen LogP contribution in [0.5, 0.6) is 5.75 Å². The number of phenolic OH excluding ortho intramolecular Hbond substituents is 1. The molecule has 1 aliphatic heterocycles. The first-order chi connectivity index (χ1) is 11.2. The highest BCUT2D eigenvalue weighted by Gasteiger charge is 2.19. The lowest BCUT2D eigenvalue weighted by Crippen LogP contribution is -3.13. The normalized spacial score (nSPS) is 16.1. The predicted molar refractivity (Wildman–Crippen MR) is 93.1 cm³/mol. The highest BCUT2D eigenvalue weighted by atomic mass is 35.5. The van der Waals surface area contributed by atoms with Gasteiger partial charge in [0.1, 0.15) is 12.3 Å². The van der Waals surface area contributed by atoms with Crippen molar-refractivity contribution in [2.75, 3.05) is 26.2 Å². The third-order valence-corrected chi connectivity index (χ3v) is 4.45. The number of nitrogens with one attached hydrogen (secondary N) is 1. The maximum Gasteiger partial charge on any atom is 0.116 e. The number of piperazine rings is 1.